The number of carboxylic acid groups (broad SMARTS) is 1. The zero-order valence-electron chi connectivity index (χ0n) is 42.0. The van der Waals surface area contributed by atoms with E-state index >= 15 is 0 Å². The number of fused-ring (bicyclic) bond motifs is 6. The molecular formula is C58H49Cl4F2N5O8S2. The molecule has 6 aliphatic carbocycles. The van der Waals surface area contributed by atoms with Gasteiger partial charge in [0.1, 0.15) is 61.0 Å². The summed E-state index contributed by atoms with van der Waals surface area (Å²) in [4.78, 5) is 23.6. The van der Waals surface area contributed by atoms with Gasteiger partial charge in [-0.15, -0.1) is 22.7 Å². The zero-order valence-corrected chi connectivity index (χ0v) is 46.7. The van der Waals surface area contributed by atoms with Crippen molar-refractivity contribution in [2.45, 2.75) is 126 Å². The van der Waals surface area contributed by atoms with Crippen LogP contribution in [0.3, 0.4) is 0 Å². The quantitative estimate of drug-likeness (QED) is 0.0932. The molecule has 8 atom stereocenters. The second kappa shape index (κ2) is 20.7. The summed E-state index contributed by atoms with van der Waals surface area (Å²) in [6, 6.07) is 15.9. The molecule has 4 aromatic heterocycles. The Hall–Kier alpha value is -5.10. The summed E-state index contributed by atoms with van der Waals surface area (Å²) in [6.45, 7) is 7.84. The van der Waals surface area contributed by atoms with E-state index in [1.54, 1.807) is 42.5 Å². The number of aromatic nitrogens is 4. The first-order valence-electron chi connectivity index (χ1n) is 26.4. The first-order chi connectivity index (χ1) is 38.1. The Morgan fingerprint density at radius 2 is 1.05 bits per heavy atom. The lowest BCUT2D eigenvalue weighted by atomic mass is 9.76. The van der Waals surface area contributed by atoms with Crippen LogP contribution in [0.2, 0.25) is 20.1 Å². The van der Waals surface area contributed by atoms with E-state index in [1.807, 2.05) is 0 Å². The SMILES string of the molecule is O=C(O)c1cc(F)c2nc(C3(O)C[C@H]4CC[C@@H](C3)C4OCc3c(-c4c(Cl)cccc4Cl)noc3C3CC3)sc2c1.[C-]#[N+]c1cc(F)c2nc(C3(O)C[C@H]4CC[C@@H](C3)C4OCc3c(-c4c(Cl)cccc4Cl)noc3C3CC3)sc2c1. The van der Waals surface area contributed by atoms with Gasteiger partial charge in [-0.3, -0.25) is 0 Å². The molecule has 6 fully saturated rings. The average Bonchev–Trinajstić information content (AvgIpc) is 4.22. The van der Waals surface area contributed by atoms with Crippen LogP contribution >= 0.6 is 69.1 Å². The maximum absolute atomic E-state index is 14.6. The zero-order chi connectivity index (χ0) is 54.6. The fourth-order valence-corrected chi connectivity index (χ4v) is 16.4. The van der Waals surface area contributed by atoms with Crippen molar-refractivity contribution in [3.05, 3.63) is 142 Å². The van der Waals surface area contributed by atoms with Crippen LogP contribution in [-0.2, 0) is 33.9 Å². The Morgan fingerprint density at radius 1 is 0.646 bits per heavy atom. The van der Waals surface area contributed by atoms with E-state index in [2.05, 4.69) is 25.1 Å². The highest BCUT2D eigenvalue weighted by Gasteiger charge is 2.53. The molecule has 4 unspecified atom stereocenters. The predicted molar refractivity (Wildman–Crippen MR) is 296 cm³/mol. The fourth-order valence-electron chi connectivity index (χ4n) is 13.0. The molecule has 21 heteroatoms. The molecule has 0 spiro atoms. The molecular weight excluding hydrogens is 1140 g/mol. The molecule has 408 valence electrons. The van der Waals surface area contributed by atoms with E-state index in [0.29, 0.717) is 113 Å². The minimum Gasteiger partial charge on any atom is -0.478 e. The van der Waals surface area contributed by atoms with Crippen LogP contribution in [0.1, 0.15) is 132 Å². The molecule has 6 aliphatic rings. The molecule has 0 radical (unpaired) electrons. The molecule has 8 aromatic rings. The summed E-state index contributed by atoms with van der Waals surface area (Å²) in [5, 5.41) is 44.5. The lowest BCUT2D eigenvalue weighted by molar-refractivity contribution is -0.106. The Morgan fingerprint density at radius 3 is 1.44 bits per heavy atom. The van der Waals surface area contributed by atoms with Crippen molar-refractivity contribution >= 4 is 101 Å². The van der Waals surface area contributed by atoms with Crippen molar-refractivity contribution in [3.8, 4) is 22.5 Å². The molecule has 0 amide bonds. The van der Waals surface area contributed by atoms with E-state index in [9.17, 15) is 28.9 Å². The van der Waals surface area contributed by atoms with Gasteiger partial charge >= 0.3 is 5.97 Å². The lowest BCUT2D eigenvalue weighted by Gasteiger charge is -2.40. The third kappa shape index (κ3) is 9.85. The maximum atomic E-state index is 14.6. The monoisotopic (exact) mass is 1190 g/mol. The number of nitrogens with zero attached hydrogens (tertiary/aromatic N) is 5. The second-order valence-electron chi connectivity index (χ2n) is 22.1. The smallest absolute Gasteiger partial charge is 0.335 e. The minimum absolute atomic E-state index is 0.0263. The molecule has 79 heavy (non-hydrogen) atoms. The van der Waals surface area contributed by atoms with Crippen molar-refractivity contribution in [3.63, 3.8) is 0 Å². The third-order valence-electron chi connectivity index (χ3n) is 16.9. The highest BCUT2D eigenvalue weighted by Crippen LogP contribution is 2.56. The van der Waals surface area contributed by atoms with Crippen molar-refractivity contribution < 1.29 is 47.4 Å². The molecule has 13 nitrogen and oxygen atoms in total. The fraction of sp³-hybridized carbons (Fsp3) is 0.414. The van der Waals surface area contributed by atoms with Gasteiger partial charge in [0.25, 0.3) is 0 Å². The van der Waals surface area contributed by atoms with Gasteiger partial charge in [-0.2, -0.15) is 0 Å². The van der Waals surface area contributed by atoms with Gasteiger partial charge in [-0.05, 0) is 149 Å². The van der Waals surface area contributed by atoms with E-state index < -0.39 is 28.8 Å². The number of hydrogen-bond acceptors (Lipinski definition) is 13. The number of thiazole rings is 2. The summed E-state index contributed by atoms with van der Waals surface area (Å²) in [5.74, 6) is 0.342. The third-order valence-corrected chi connectivity index (χ3v) is 20.6. The normalized spacial score (nSPS) is 26.2. The van der Waals surface area contributed by atoms with Gasteiger partial charge < -0.3 is 33.8 Å². The molecule has 14 rings (SSSR count). The Kier molecular flexibility index (Phi) is 14.0. The van der Waals surface area contributed by atoms with Crippen LogP contribution in [-0.4, -0.2) is 53.8 Å². The van der Waals surface area contributed by atoms with Crippen molar-refractivity contribution in [1.29, 1.82) is 0 Å². The highest BCUT2D eigenvalue weighted by atomic mass is 35.5. The van der Waals surface area contributed by atoms with Gasteiger partial charge in [-0.1, -0.05) is 68.8 Å². The minimum atomic E-state index is -1.22. The molecule has 0 saturated heterocycles. The summed E-state index contributed by atoms with van der Waals surface area (Å²) in [7, 11) is 0. The maximum Gasteiger partial charge on any atom is 0.335 e. The van der Waals surface area contributed by atoms with E-state index in [1.165, 1.54) is 23.5 Å². The number of carboxylic acids is 1. The Bertz CT molecular complexity index is 3710. The number of carbonyl (C=O) groups is 1. The highest BCUT2D eigenvalue weighted by molar-refractivity contribution is 7.19. The van der Waals surface area contributed by atoms with Gasteiger partial charge in [0, 0.05) is 38.8 Å². The number of halogens is 6. The number of ether oxygens (including phenoxy) is 2. The first kappa shape index (κ1) is 53.2. The van der Waals surface area contributed by atoms with Crippen LogP contribution in [0.15, 0.2) is 69.7 Å². The van der Waals surface area contributed by atoms with Crippen molar-refractivity contribution in [2.75, 3.05) is 0 Å². The number of aliphatic hydroxyl groups is 2. The molecule has 6 saturated carbocycles. The molecule has 0 aliphatic heterocycles. The van der Waals surface area contributed by atoms with Crippen LogP contribution in [0.25, 0.3) is 47.8 Å². The van der Waals surface area contributed by atoms with Crippen LogP contribution in [0.4, 0.5) is 14.5 Å². The standard InChI is InChI=1S/C29H24Cl2FN3O3S.C29H25Cl2FN2O5S/c1-33-17-9-21(32)25-22(10-17)39-28(34-25)29(36)11-15-7-8-16(12-29)26(15)37-13-18-24(35-38-27(18)14-5-6-14)23-19(30)3-2-4-20(23)31;30-18-2-1-3-19(31)22(18)23-17(26(39-34-23)13-4-5-13)12-38-25-14-6-7-15(25)11-29(37,10-14)28-33-24-20(32)8-16(27(35)36)9-21(24)40-28/h2-4,9-10,14-16,26,36H,5-8,11-13H2;1-3,8-9,13-15,25,37H,4-7,10-12H2,(H,35,36)/t15-,16+,26?,29?;14-,15+,25?,29?. The second-order valence-corrected chi connectivity index (χ2v) is 25.8. The summed E-state index contributed by atoms with van der Waals surface area (Å²) >= 11 is 28.5. The topological polar surface area (TPSA) is 178 Å². The van der Waals surface area contributed by atoms with E-state index in [4.69, 9.17) is 71.5 Å². The molecule has 4 aromatic carbocycles. The Labute approximate surface area is 479 Å². The molecule has 3 N–H and O–H groups in total. The van der Waals surface area contributed by atoms with Gasteiger partial charge in [0.15, 0.2) is 11.5 Å². The van der Waals surface area contributed by atoms with Crippen LogP contribution < -0.4 is 0 Å². The predicted octanol–water partition coefficient (Wildman–Crippen LogP) is 16.0. The van der Waals surface area contributed by atoms with E-state index in [0.717, 1.165) is 91.4 Å². The summed E-state index contributed by atoms with van der Waals surface area (Å²) < 4.78 is 55.0. The van der Waals surface area contributed by atoms with E-state index in [-0.39, 0.29) is 58.2 Å². The number of rotatable bonds is 13. The van der Waals surface area contributed by atoms with Gasteiger partial charge in [-0.25, -0.2) is 28.4 Å². The average molecular weight is 1190 g/mol. The van der Waals surface area contributed by atoms with Crippen LogP contribution in [0, 0.1) is 41.9 Å². The van der Waals surface area contributed by atoms with Gasteiger partial charge in [0.2, 0.25) is 0 Å². The molecule has 4 bridgehead atoms. The van der Waals surface area contributed by atoms with Gasteiger partial charge in [0.05, 0.1) is 62.3 Å². The van der Waals surface area contributed by atoms with Crippen LogP contribution in [0.5, 0.6) is 0 Å². The molecule has 4 heterocycles. The van der Waals surface area contributed by atoms with Crippen molar-refractivity contribution in [1.82, 2.24) is 20.3 Å². The summed E-state index contributed by atoms with van der Waals surface area (Å²) in [6.07, 6.45) is 9.65. The lowest BCUT2D eigenvalue weighted by Crippen LogP contribution is -2.42. The largest absolute Gasteiger partial charge is 0.478 e. The van der Waals surface area contributed by atoms with Crippen molar-refractivity contribution in [2.24, 2.45) is 23.7 Å². The summed E-state index contributed by atoms with van der Waals surface area (Å²) in [5.41, 5.74) is 2.32. The number of hydrogen-bond donors (Lipinski definition) is 3. The number of benzene rings is 4. The Balaban J connectivity index is 0.000000150. The first-order valence-corrected chi connectivity index (χ1v) is 29.6. The number of aromatic carboxylic acids is 1.